The number of methoxy groups -OCH3 is 1. The molecular formula is C14H15NO2. The fraction of sp³-hybridized carbons (Fsp3) is 0.143. The van der Waals surface area contributed by atoms with E-state index in [1.165, 1.54) is 0 Å². The number of nitrogen functional groups attached to an aromatic ring is 1. The van der Waals surface area contributed by atoms with Gasteiger partial charge in [0.1, 0.15) is 5.75 Å². The molecule has 0 atom stereocenters. The Morgan fingerprint density at radius 1 is 1.18 bits per heavy atom. The summed E-state index contributed by atoms with van der Waals surface area (Å²) >= 11 is 0. The maximum Gasteiger partial charge on any atom is 0.119 e. The molecule has 0 amide bonds. The molecule has 0 radical (unpaired) electrons. The molecule has 17 heavy (non-hydrogen) atoms. The highest BCUT2D eigenvalue weighted by atomic mass is 16.5. The van der Waals surface area contributed by atoms with Crippen LogP contribution in [-0.2, 0) is 6.61 Å². The van der Waals surface area contributed by atoms with Crippen LogP contribution in [-0.4, -0.2) is 12.2 Å². The van der Waals surface area contributed by atoms with E-state index in [4.69, 9.17) is 10.5 Å². The highest BCUT2D eigenvalue weighted by molar-refractivity contribution is 5.79. The molecular weight excluding hydrogens is 214 g/mol. The zero-order valence-electron chi connectivity index (χ0n) is 9.68. The van der Waals surface area contributed by atoms with Crippen molar-refractivity contribution in [3.05, 3.63) is 48.0 Å². The zero-order valence-corrected chi connectivity index (χ0v) is 9.68. The first-order chi connectivity index (χ1) is 8.26. The van der Waals surface area contributed by atoms with Crippen LogP contribution in [0.15, 0.2) is 42.5 Å². The normalized spacial score (nSPS) is 10.2. The second-order valence-electron chi connectivity index (χ2n) is 3.77. The van der Waals surface area contributed by atoms with Gasteiger partial charge in [-0.25, -0.2) is 0 Å². The van der Waals surface area contributed by atoms with E-state index in [1.807, 2.05) is 42.5 Å². The number of benzene rings is 2. The van der Waals surface area contributed by atoms with Crippen molar-refractivity contribution in [1.29, 1.82) is 0 Å². The van der Waals surface area contributed by atoms with E-state index in [2.05, 4.69) is 0 Å². The number of ether oxygens (including phenoxy) is 1. The van der Waals surface area contributed by atoms with E-state index in [0.717, 1.165) is 22.4 Å². The smallest absolute Gasteiger partial charge is 0.119 e. The molecule has 2 aromatic rings. The van der Waals surface area contributed by atoms with Crippen LogP contribution < -0.4 is 10.5 Å². The maximum atomic E-state index is 9.19. The van der Waals surface area contributed by atoms with Gasteiger partial charge in [-0.05, 0) is 17.7 Å². The third-order valence-electron chi connectivity index (χ3n) is 2.75. The van der Waals surface area contributed by atoms with Gasteiger partial charge in [-0.3, -0.25) is 0 Å². The Bertz CT molecular complexity index is 523. The largest absolute Gasteiger partial charge is 0.497 e. The summed E-state index contributed by atoms with van der Waals surface area (Å²) in [5, 5.41) is 9.19. The van der Waals surface area contributed by atoms with Gasteiger partial charge in [-0.1, -0.05) is 30.3 Å². The molecule has 0 unspecified atom stereocenters. The molecule has 0 spiro atoms. The van der Waals surface area contributed by atoms with Gasteiger partial charge < -0.3 is 15.6 Å². The van der Waals surface area contributed by atoms with Crippen molar-refractivity contribution in [2.75, 3.05) is 12.8 Å². The Balaban J connectivity index is 2.52. The lowest BCUT2D eigenvalue weighted by atomic mass is 10.0. The quantitative estimate of drug-likeness (QED) is 0.795. The Morgan fingerprint density at radius 3 is 2.65 bits per heavy atom. The summed E-state index contributed by atoms with van der Waals surface area (Å²) in [5.41, 5.74) is 9.27. The fourth-order valence-corrected chi connectivity index (χ4v) is 1.79. The molecule has 0 aliphatic carbocycles. The number of nitrogens with two attached hydrogens (primary N) is 1. The SMILES string of the molecule is COc1cccc(-c2cccc(CO)c2N)c1. The zero-order chi connectivity index (χ0) is 12.3. The van der Waals surface area contributed by atoms with E-state index >= 15 is 0 Å². The van der Waals surface area contributed by atoms with Crippen molar-refractivity contribution in [1.82, 2.24) is 0 Å². The van der Waals surface area contributed by atoms with Gasteiger partial charge in [0, 0.05) is 16.8 Å². The first-order valence-corrected chi connectivity index (χ1v) is 5.39. The van der Waals surface area contributed by atoms with Gasteiger partial charge in [0.25, 0.3) is 0 Å². The van der Waals surface area contributed by atoms with E-state index in [1.54, 1.807) is 7.11 Å². The van der Waals surface area contributed by atoms with Crippen LogP contribution in [0.5, 0.6) is 5.75 Å². The maximum absolute atomic E-state index is 9.19. The lowest BCUT2D eigenvalue weighted by molar-refractivity contribution is 0.282. The topological polar surface area (TPSA) is 55.5 Å². The Morgan fingerprint density at radius 2 is 1.94 bits per heavy atom. The highest BCUT2D eigenvalue weighted by Crippen LogP contribution is 2.30. The molecule has 0 aromatic heterocycles. The van der Waals surface area contributed by atoms with Crippen LogP contribution in [0.1, 0.15) is 5.56 Å². The van der Waals surface area contributed by atoms with Crippen molar-refractivity contribution in [2.45, 2.75) is 6.61 Å². The van der Waals surface area contributed by atoms with Crippen molar-refractivity contribution in [2.24, 2.45) is 0 Å². The summed E-state index contributed by atoms with van der Waals surface area (Å²) in [5.74, 6) is 0.788. The minimum absolute atomic E-state index is 0.0519. The van der Waals surface area contributed by atoms with Crippen LogP contribution in [0, 0.1) is 0 Å². The van der Waals surface area contributed by atoms with Crippen LogP contribution in [0.4, 0.5) is 5.69 Å². The van der Waals surface area contributed by atoms with E-state index in [9.17, 15) is 5.11 Å². The average molecular weight is 229 g/mol. The van der Waals surface area contributed by atoms with Crippen molar-refractivity contribution >= 4 is 5.69 Å². The lowest BCUT2D eigenvalue weighted by Gasteiger charge is -2.10. The standard InChI is InChI=1S/C14H15NO2/c1-17-12-6-2-4-10(8-12)13-7-3-5-11(9-16)14(13)15/h2-8,16H,9,15H2,1H3. The number of anilines is 1. The van der Waals surface area contributed by atoms with Gasteiger partial charge in [-0.2, -0.15) is 0 Å². The third-order valence-corrected chi connectivity index (χ3v) is 2.75. The van der Waals surface area contributed by atoms with Crippen molar-refractivity contribution in [3.8, 4) is 16.9 Å². The number of hydrogen-bond acceptors (Lipinski definition) is 3. The van der Waals surface area contributed by atoms with Crippen molar-refractivity contribution < 1.29 is 9.84 Å². The Kier molecular flexibility index (Phi) is 3.30. The van der Waals surface area contributed by atoms with Crippen LogP contribution in [0.2, 0.25) is 0 Å². The van der Waals surface area contributed by atoms with Crippen LogP contribution >= 0.6 is 0 Å². The number of aliphatic hydroxyl groups excluding tert-OH is 1. The van der Waals surface area contributed by atoms with Gasteiger partial charge in [0.15, 0.2) is 0 Å². The molecule has 0 aliphatic heterocycles. The minimum atomic E-state index is -0.0519. The summed E-state index contributed by atoms with van der Waals surface area (Å²) in [6.07, 6.45) is 0. The van der Waals surface area contributed by atoms with Gasteiger partial charge >= 0.3 is 0 Å². The monoisotopic (exact) mass is 229 g/mol. The molecule has 3 nitrogen and oxygen atoms in total. The second kappa shape index (κ2) is 4.89. The van der Waals surface area contributed by atoms with Crippen molar-refractivity contribution in [3.63, 3.8) is 0 Å². The second-order valence-corrected chi connectivity index (χ2v) is 3.77. The minimum Gasteiger partial charge on any atom is -0.497 e. The fourth-order valence-electron chi connectivity index (χ4n) is 1.79. The molecule has 0 bridgehead atoms. The number of rotatable bonds is 3. The molecule has 2 aromatic carbocycles. The van der Waals surface area contributed by atoms with Gasteiger partial charge in [0.2, 0.25) is 0 Å². The number of aliphatic hydroxyl groups is 1. The molecule has 2 rings (SSSR count). The molecule has 0 saturated heterocycles. The van der Waals surface area contributed by atoms with Gasteiger partial charge in [0.05, 0.1) is 13.7 Å². The summed E-state index contributed by atoms with van der Waals surface area (Å²) in [4.78, 5) is 0. The molecule has 0 fully saturated rings. The molecule has 0 heterocycles. The van der Waals surface area contributed by atoms with E-state index in [0.29, 0.717) is 5.69 Å². The number of hydrogen-bond donors (Lipinski definition) is 2. The predicted octanol–water partition coefficient (Wildman–Crippen LogP) is 2.44. The van der Waals surface area contributed by atoms with E-state index < -0.39 is 0 Å². The first kappa shape index (κ1) is 11.5. The third kappa shape index (κ3) is 2.24. The molecule has 3 heteroatoms. The van der Waals surface area contributed by atoms with Crippen LogP contribution in [0.3, 0.4) is 0 Å². The number of para-hydroxylation sites is 1. The predicted molar refractivity (Wildman–Crippen MR) is 68.8 cm³/mol. The molecule has 0 saturated carbocycles. The highest BCUT2D eigenvalue weighted by Gasteiger charge is 2.06. The summed E-state index contributed by atoms with van der Waals surface area (Å²) in [6.45, 7) is -0.0519. The Labute approximate surface area is 100 Å². The summed E-state index contributed by atoms with van der Waals surface area (Å²) < 4.78 is 5.18. The summed E-state index contributed by atoms with van der Waals surface area (Å²) in [6, 6.07) is 13.3. The van der Waals surface area contributed by atoms with Gasteiger partial charge in [-0.15, -0.1) is 0 Å². The molecule has 3 N–H and O–H groups in total. The Hall–Kier alpha value is -2.00. The van der Waals surface area contributed by atoms with E-state index in [-0.39, 0.29) is 6.61 Å². The first-order valence-electron chi connectivity index (χ1n) is 5.39. The lowest BCUT2D eigenvalue weighted by Crippen LogP contribution is -1.97. The average Bonchev–Trinajstić information content (AvgIpc) is 2.39. The summed E-state index contributed by atoms with van der Waals surface area (Å²) in [7, 11) is 1.63. The van der Waals surface area contributed by atoms with Crippen LogP contribution in [0.25, 0.3) is 11.1 Å². The molecule has 88 valence electrons. The molecule has 0 aliphatic rings.